The van der Waals surface area contributed by atoms with Crippen molar-refractivity contribution in [1.29, 1.82) is 0 Å². The van der Waals surface area contributed by atoms with Gasteiger partial charge in [0.25, 0.3) is 0 Å². The molecule has 126 valence electrons. The van der Waals surface area contributed by atoms with E-state index in [0.29, 0.717) is 18.6 Å². The zero-order valence-electron chi connectivity index (χ0n) is 14.8. The van der Waals surface area contributed by atoms with Crippen molar-refractivity contribution in [3.63, 3.8) is 0 Å². The van der Waals surface area contributed by atoms with E-state index in [2.05, 4.69) is 33.9 Å². The van der Waals surface area contributed by atoms with Crippen LogP contribution < -0.4 is 0 Å². The highest BCUT2D eigenvalue weighted by molar-refractivity contribution is 5.74. The molecular weight excluding hydrogens is 296 g/mol. The van der Waals surface area contributed by atoms with Crippen LogP contribution in [0.1, 0.15) is 37.5 Å². The van der Waals surface area contributed by atoms with Gasteiger partial charge in [0.2, 0.25) is 0 Å². The van der Waals surface area contributed by atoms with Gasteiger partial charge in [-0.25, -0.2) is 0 Å². The van der Waals surface area contributed by atoms with Crippen LogP contribution in [-0.2, 0) is 18.3 Å². The molecule has 0 fully saturated rings. The van der Waals surface area contributed by atoms with Gasteiger partial charge in [-0.3, -0.25) is 0 Å². The van der Waals surface area contributed by atoms with E-state index >= 15 is 0 Å². The van der Waals surface area contributed by atoms with Crippen molar-refractivity contribution >= 4 is 0 Å². The van der Waals surface area contributed by atoms with E-state index < -0.39 is 0 Å². The topological polar surface area (TPSA) is 40.5 Å². The summed E-state index contributed by atoms with van der Waals surface area (Å²) in [4.78, 5) is 0. The third kappa shape index (κ3) is 3.53. The van der Waals surface area contributed by atoms with E-state index in [0.717, 1.165) is 27.8 Å². The van der Waals surface area contributed by atoms with Crippen molar-refractivity contribution in [2.24, 2.45) is 0 Å². The lowest BCUT2D eigenvalue weighted by Crippen LogP contribution is -2.12. The quantitative estimate of drug-likeness (QED) is 0.712. The van der Waals surface area contributed by atoms with Gasteiger partial charge < -0.3 is 10.2 Å². The summed E-state index contributed by atoms with van der Waals surface area (Å²) < 4.78 is 0. The van der Waals surface area contributed by atoms with Gasteiger partial charge in [-0.05, 0) is 47.1 Å². The van der Waals surface area contributed by atoms with Gasteiger partial charge in [0.1, 0.15) is 11.5 Å². The molecule has 2 nitrogen and oxygen atoms in total. The van der Waals surface area contributed by atoms with E-state index in [-0.39, 0.29) is 11.2 Å². The van der Waals surface area contributed by atoms with E-state index in [4.69, 9.17) is 0 Å². The molecule has 0 saturated heterocycles. The summed E-state index contributed by atoms with van der Waals surface area (Å²) in [5, 5.41) is 21.2. The van der Waals surface area contributed by atoms with Gasteiger partial charge >= 0.3 is 0 Å². The van der Waals surface area contributed by atoms with Gasteiger partial charge in [0.15, 0.2) is 0 Å². The average molecular weight is 322 g/mol. The van der Waals surface area contributed by atoms with Gasteiger partial charge in [0.05, 0.1) is 0 Å². The average Bonchev–Trinajstić information content (AvgIpc) is 2.51. The van der Waals surface area contributed by atoms with Crippen molar-refractivity contribution in [2.75, 3.05) is 0 Å². The Bertz CT molecular complexity index is 764. The van der Waals surface area contributed by atoms with E-state index in [1.165, 1.54) is 0 Å². The summed E-state index contributed by atoms with van der Waals surface area (Å²) >= 11 is 0. The Kier molecular flexibility index (Phi) is 5.18. The van der Waals surface area contributed by atoms with Crippen LogP contribution in [0.2, 0.25) is 0 Å². The SMILES string of the molecule is C=CCc1cccc(-c2cc(CC=C)c(O)c(C(C)(C)C)c2)c1O. The van der Waals surface area contributed by atoms with Crippen LogP contribution in [0.25, 0.3) is 11.1 Å². The number of phenolic OH excluding ortho intramolecular Hbond substituents is 2. The third-order valence-electron chi connectivity index (χ3n) is 4.16. The van der Waals surface area contributed by atoms with Crippen LogP contribution in [0.5, 0.6) is 11.5 Å². The number of hydrogen-bond acceptors (Lipinski definition) is 2. The molecule has 0 aliphatic carbocycles. The third-order valence-corrected chi connectivity index (χ3v) is 4.16. The molecule has 0 amide bonds. The van der Waals surface area contributed by atoms with E-state index in [1.54, 1.807) is 12.2 Å². The molecule has 0 bridgehead atoms. The highest BCUT2D eigenvalue weighted by Gasteiger charge is 2.22. The Morgan fingerprint density at radius 2 is 1.54 bits per heavy atom. The molecule has 0 heterocycles. The minimum Gasteiger partial charge on any atom is -0.507 e. The van der Waals surface area contributed by atoms with E-state index in [1.807, 2.05) is 30.3 Å². The molecule has 0 radical (unpaired) electrons. The smallest absolute Gasteiger partial charge is 0.126 e. The molecule has 0 atom stereocenters. The molecule has 0 saturated carbocycles. The molecule has 2 aromatic carbocycles. The Morgan fingerprint density at radius 3 is 2.12 bits per heavy atom. The highest BCUT2D eigenvalue weighted by Crippen LogP contribution is 2.40. The first-order valence-electron chi connectivity index (χ1n) is 8.19. The maximum Gasteiger partial charge on any atom is 0.126 e. The molecule has 2 N–H and O–H groups in total. The molecule has 2 rings (SSSR count). The number of benzene rings is 2. The number of allylic oxidation sites excluding steroid dienone is 2. The molecule has 0 aliphatic heterocycles. The van der Waals surface area contributed by atoms with Crippen LogP contribution in [0.4, 0.5) is 0 Å². The lowest BCUT2D eigenvalue weighted by atomic mass is 9.82. The van der Waals surface area contributed by atoms with Crippen molar-refractivity contribution in [3.05, 3.63) is 72.3 Å². The standard InChI is InChI=1S/C22H26O2/c1-6-9-15-11-8-12-18(20(15)23)17-13-16(10-7-2)21(24)19(14-17)22(3,4)5/h6-8,11-14,23-24H,1-2,9-10H2,3-5H3. The zero-order valence-corrected chi connectivity index (χ0v) is 14.8. The molecule has 24 heavy (non-hydrogen) atoms. The summed E-state index contributed by atoms with van der Waals surface area (Å²) in [6, 6.07) is 9.63. The number of para-hydroxylation sites is 1. The zero-order chi connectivity index (χ0) is 17.9. The maximum atomic E-state index is 10.6. The fraction of sp³-hybridized carbons (Fsp3) is 0.273. The molecular formula is C22H26O2. The second kappa shape index (κ2) is 6.96. The molecule has 0 aliphatic rings. The monoisotopic (exact) mass is 322 g/mol. The minimum absolute atomic E-state index is 0.204. The van der Waals surface area contributed by atoms with Crippen molar-refractivity contribution in [1.82, 2.24) is 0 Å². The van der Waals surface area contributed by atoms with Gasteiger partial charge in [0, 0.05) is 11.1 Å². The molecule has 2 aromatic rings. The summed E-state index contributed by atoms with van der Waals surface area (Å²) in [5.74, 6) is 0.584. The fourth-order valence-corrected chi connectivity index (χ4v) is 2.88. The van der Waals surface area contributed by atoms with Crippen LogP contribution in [0.3, 0.4) is 0 Å². The van der Waals surface area contributed by atoms with Crippen molar-refractivity contribution in [2.45, 2.75) is 39.0 Å². The highest BCUT2D eigenvalue weighted by atomic mass is 16.3. The first-order chi connectivity index (χ1) is 11.3. The van der Waals surface area contributed by atoms with Crippen LogP contribution in [0.15, 0.2) is 55.6 Å². The predicted molar refractivity (Wildman–Crippen MR) is 102 cm³/mol. The van der Waals surface area contributed by atoms with Crippen LogP contribution >= 0.6 is 0 Å². The van der Waals surface area contributed by atoms with Gasteiger partial charge in [-0.1, -0.05) is 51.1 Å². The first kappa shape index (κ1) is 17.9. The number of aromatic hydroxyl groups is 2. The second-order valence-corrected chi connectivity index (χ2v) is 7.08. The summed E-state index contributed by atoms with van der Waals surface area (Å²) in [7, 11) is 0. The Balaban J connectivity index is 2.71. The van der Waals surface area contributed by atoms with Crippen molar-refractivity contribution in [3.8, 4) is 22.6 Å². The Hall–Kier alpha value is -2.48. The number of phenols is 2. The Morgan fingerprint density at radius 1 is 0.917 bits per heavy atom. The molecule has 0 unspecified atom stereocenters. The normalized spacial score (nSPS) is 11.3. The van der Waals surface area contributed by atoms with Crippen molar-refractivity contribution < 1.29 is 10.2 Å². The lowest BCUT2D eigenvalue weighted by Gasteiger charge is -2.23. The second-order valence-electron chi connectivity index (χ2n) is 7.08. The van der Waals surface area contributed by atoms with Crippen LogP contribution in [-0.4, -0.2) is 10.2 Å². The Labute approximate surface area is 144 Å². The maximum absolute atomic E-state index is 10.6. The van der Waals surface area contributed by atoms with Crippen LogP contribution in [0, 0.1) is 0 Å². The van der Waals surface area contributed by atoms with E-state index in [9.17, 15) is 10.2 Å². The molecule has 2 heteroatoms. The van der Waals surface area contributed by atoms with Gasteiger partial charge in [-0.15, -0.1) is 13.2 Å². The minimum atomic E-state index is -0.204. The largest absolute Gasteiger partial charge is 0.507 e. The predicted octanol–water partition coefficient (Wildman–Crippen LogP) is 5.52. The summed E-state index contributed by atoms with van der Waals surface area (Å²) in [5.41, 5.74) is 4.00. The first-order valence-corrected chi connectivity index (χ1v) is 8.19. The number of rotatable bonds is 5. The summed E-state index contributed by atoms with van der Waals surface area (Å²) in [6.45, 7) is 13.7. The molecule has 0 aromatic heterocycles. The lowest BCUT2D eigenvalue weighted by molar-refractivity contribution is 0.441. The summed E-state index contributed by atoms with van der Waals surface area (Å²) in [6.07, 6.45) is 4.75. The van der Waals surface area contributed by atoms with Gasteiger partial charge in [-0.2, -0.15) is 0 Å². The molecule has 0 spiro atoms. The fourth-order valence-electron chi connectivity index (χ4n) is 2.88. The number of hydrogen-bond donors (Lipinski definition) is 2.